The lowest BCUT2D eigenvalue weighted by molar-refractivity contribution is 0.616. The number of imidazole rings is 1. The number of nitrogens with two attached hydrogens (primary N) is 1. The van der Waals surface area contributed by atoms with Crippen molar-refractivity contribution in [3.63, 3.8) is 0 Å². The molecule has 0 aliphatic heterocycles. The van der Waals surface area contributed by atoms with Gasteiger partial charge in [0, 0.05) is 43.7 Å². The first-order chi connectivity index (χ1) is 7.65. The number of thiazole rings is 1. The lowest BCUT2D eigenvalue weighted by atomic mass is 10.1. The minimum Gasteiger partial charge on any atom is -0.338 e. The molecular formula is C11H16N4S. The van der Waals surface area contributed by atoms with Crippen LogP contribution in [0.1, 0.15) is 16.5 Å². The minimum atomic E-state index is 0.0857. The van der Waals surface area contributed by atoms with Gasteiger partial charge in [-0.2, -0.15) is 0 Å². The molecule has 0 saturated heterocycles. The first kappa shape index (κ1) is 11.3. The molecule has 0 aromatic carbocycles. The number of hydrogen-bond donors (Lipinski definition) is 1. The molecule has 4 nitrogen and oxygen atoms in total. The fraction of sp³-hybridized carbons (Fsp3) is 0.455. The van der Waals surface area contributed by atoms with Crippen LogP contribution >= 0.6 is 11.3 Å². The van der Waals surface area contributed by atoms with Crippen molar-refractivity contribution >= 4 is 11.3 Å². The van der Waals surface area contributed by atoms with Crippen LogP contribution in [-0.4, -0.2) is 20.6 Å². The number of nitrogens with zero attached hydrogens (tertiary/aromatic N) is 3. The maximum absolute atomic E-state index is 6.09. The van der Waals surface area contributed by atoms with Crippen molar-refractivity contribution in [3.8, 4) is 0 Å². The number of aryl methyl sites for hydroxylation is 2. The van der Waals surface area contributed by atoms with E-state index in [1.54, 1.807) is 17.5 Å². The molecule has 0 aliphatic rings. The third kappa shape index (κ3) is 2.68. The zero-order valence-corrected chi connectivity index (χ0v) is 10.4. The largest absolute Gasteiger partial charge is 0.338 e. The van der Waals surface area contributed by atoms with Gasteiger partial charge in [0.15, 0.2) is 0 Å². The van der Waals surface area contributed by atoms with Crippen LogP contribution in [0.2, 0.25) is 0 Å². The molecule has 0 amide bonds. The molecule has 2 N–H and O–H groups in total. The van der Waals surface area contributed by atoms with E-state index >= 15 is 0 Å². The second kappa shape index (κ2) is 4.76. The lowest BCUT2D eigenvalue weighted by Crippen LogP contribution is -2.27. The van der Waals surface area contributed by atoms with E-state index in [-0.39, 0.29) is 6.04 Å². The smallest absolute Gasteiger partial charge is 0.109 e. The van der Waals surface area contributed by atoms with Gasteiger partial charge in [-0.05, 0) is 6.92 Å². The fourth-order valence-electron chi connectivity index (χ4n) is 1.67. The SMILES string of the molecule is Cc1nc(CC(N)Cc2nccn2C)cs1. The molecule has 0 saturated carbocycles. The predicted octanol–water partition coefficient (Wildman–Crippen LogP) is 1.30. The van der Waals surface area contributed by atoms with Gasteiger partial charge in [0.05, 0.1) is 10.7 Å². The summed E-state index contributed by atoms with van der Waals surface area (Å²) in [6, 6.07) is 0.0857. The van der Waals surface area contributed by atoms with Crippen LogP contribution in [0.25, 0.3) is 0 Å². The Morgan fingerprint density at radius 2 is 2.31 bits per heavy atom. The Labute approximate surface area is 99.2 Å². The van der Waals surface area contributed by atoms with E-state index in [1.165, 1.54) is 0 Å². The average Bonchev–Trinajstić information content (AvgIpc) is 2.77. The van der Waals surface area contributed by atoms with Crippen molar-refractivity contribution in [3.05, 3.63) is 34.3 Å². The van der Waals surface area contributed by atoms with Crippen LogP contribution in [-0.2, 0) is 19.9 Å². The van der Waals surface area contributed by atoms with E-state index in [9.17, 15) is 0 Å². The normalized spacial score (nSPS) is 12.9. The van der Waals surface area contributed by atoms with Gasteiger partial charge in [0.25, 0.3) is 0 Å². The first-order valence-electron chi connectivity index (χ1n) is 5.28. The highest BCUT2D eigenvalue weighted by Crippen LogP contribution is 2.10. The van der Waals surface area contributed by atoms with Crippen molar-refractivity contribution < 1.29 is 0 Å². The third-order valence-corrected chi connectivity index (χ3v) is 3.33. The molecule has 0 radical (unpaired) electrons. The molecule has 5 heteroatoms. The second-order valence-corrected chi connectivity index (χ2v) is 5.04. The summed E-state index contributed by atoms with van der Waals surface area (Å²) >= 11 is 1.67. The molecule has 86 valence electrons. The van der Waals surface area contributed by atoms with Crippen LogP contribution < -0.4 is 5.73 Å². The standard InChI is InChI=1S/C11H16N4S/c1-8-14-10(7-16-8)5-9(12)6-11-13-3-4-15(11)2/h3-4,7,9H,5-6,12H2,1-2H3. The van der Waals surface area contributed by atoms with Crippen molar-refractivity contribution in [2.75, 3.05) is 0 Å². The third-order valence-electron chi connectivity index (χ3n) is 2.50. The second-order valence-electron chi connectivity index (χ2n) is 3.98. The fourth-order valence-corrected chi connectivity index (χ4v) is 2.30. The Morgan fingerprint density at radius 1 is 1.50 bits per heavy atom. The lowest BCUT2D eigenvalue weighted by Gasteiger charge is -2.09. The summed E-state index contributed by atoms with van der Waals surface area (Å²) in [5.74, 6) is 1.03. The van der Waals surface area contributed by atoms with Gasteiger partial charge in [-0.1, -0.05) is 0 Å². The molecule has 2 aromatic heterocycles. The van der Waals surface area contributed by atoms with Crippen LogP contribution in [0, 0.1) is 6.92 Å². The van der Waals surface area contributed by atoms with E-state index in [4.69, 9.17) is 5.73 Å². The van der Waals surface area contributed by atoms with Gasteiger partial charge in [-0.15, -0.1) is 11.3 Å². The quantitative estimate of drug-likeness (QED) is 0.870. The Bertz CT molecular complexity index is 460. The topological polar surface area (TPSA) is 56.7 Å². The van der Waals surface area contributed by atoms with Gasteiger partial charge >= 0.3 is 0 Å². The van der Waals surface area contributed by atoms with Crippen molar-refractivity contribution in [2.45, 2.75) is 25.8 Å². The zero-order chi connectivity index (χ0) is 11.5. The van der Waals surface area contributed by atoms with Crippen LogP contribution in [0.15, 0.2) is 17.8 Å². The Kier molecular flexibility index (Phi) is 3.36. The summed E-state index contributed by atoms with van der Waals surface area (Å²) in [5, 5.41) is 3.17. The highest BCUT2D eigenvalue weighted by Gasteiger charge is 2.10. The predicted molar refractivity (Wildman–Crippen MR) is 65.4 cm³/mol. The van der Waals surface area contributed by atoms with Gasteiger partial charge in [-0.3, -0.25) is 0 Å². The zero-order valence-electron chi connectivity index (χ0n) is 9.55. The van der Waals surface area contributed by atoms with Crippen LogP contribution in [0.5, 0.6) is 0 Å². The monoisotopic (exact) mass is 236 g/mol. The Balaban J connectivity index is 1.94. The highest BCUT2D eigenvalue weighted by molar-refractivity contribution is 7.09. The summed E-state index contributed by atoms with van der Waals surface area (Å²) in [6.07, 6.45) is 5.35. The average molecular weight is 236 g/mol. The Morgan fingerprint density at radius 3 is 2.88 bits per heavy atom. The van der Waals surface area contributed by atoms with E-state index < -0.39 is 0 Å². The molecular weight excluding hydrogens is 220 g/mol. The van der Waals surface area contributed by atoms with Crippen LogP contribution in [0.4, 0.5) is 0 Å². The molecule has 0 spiro atoms. The molecule has 2 heterocycles. The van der Waals surface area contributed by atoms with E-state index in [0.29, 0.717) is 0 Å². The van der Waals surface area contributed by atoms with Crippen molar-refractivity contribution in [1.29, 1.82) is 0 Å². The molecule has 0 aliphatic carbocycles. The summed E-state index contributed by atoms with van der Waals surface area (Å²) in [5.41, 5.74) is 7.17. The number of aromatic nitrogens is 3. The summed E-state index contributed by atoms with van der Waals surface area (Å²) in [6.45, 7) is 2.01. The summed E-state index contributed by atoms with van der Waals surface area (Å²) in [4.78, 5) is 8.68. The van der Waals surface area contributed by atoms with E-state index in [2.05, 4.69) is 15.3 Å². The van der Waals surface area contributed by atoms with Crippen LogP contribution in [0.3, 0.4) is 0 Å². The number of rotatable bonds is 4. The minimum absolute atomic E-state index is 0.0857. The summed E-state index contributed by atoms with van der Waals surface area (Å²) in [7, 11) is 1.99. The molecule has 0 bridgehead atoms. The van der Waals surface area contributed by atoms with Gasteiger partial charge < -0.3 is 10.3 Å². The molecule has 0 fully saturated rings. The molecule has 2 rings (SSSR count). The molecule has 16 heavy (non-hydrogen) atoms. The van der Waals surface area contributed by atoms with E-state index in [1.807, 2.05) is 24.7 Å². The Hall–Kier alpha value is -1.20. The summed E-state index contributed by atoms with van der Waals surface area (Å²) < 4.78 is 2.01. The first-order valence-corrected chi connectivity index (χ1v) is 6.16. The van der Waals surface area contributed by atoms with Gasteiger partial charge in [-0.25, -0.2) is 9.97 Å². The maximum Gasteiger partial charge on any atom is 0.109 e. The van der Waals surface area contributed by atoms with Crippen molar-refractivity contribution in [1.82, 2.24) is 14.5 Å². The molecule has 2 aromatic rings. The van der Waals surface area contributed by atoms with Gasteiger partial charge in [0.1, 0.15) is 5.82 Å². The van der Waals surface area contributed by atoms with Gasteiger partial charge in [0.2, 0.25) is 0 Å². The molecule has 1 atom stereocenters. The highest BCUT2D eigenvalue weighted by atomic mass is 32.1. The van der Waals surface area contributed by atoms with E-state index in [0.717, 1.165) is 29.4 Å². The molecule has 1 unspecified atom stereocenters. The number of hydrogen-bond acceptors (Lipinski definition) is 4. The van der Waals surface area contributed by atoms with Crippen molar-refractivity contribution in [2.24, 2.45) is 12.8 Å². The maximum atomic E-state index is 6.09.